The molecular formula is C28H28F5N5O5. The summed E-state index contributed by atoms with van der Waals surface area (Å²) in [7, 11) is 0. The van der Waals surface area contributed by atoms with E-state index in [0.29, 0.717) is 0 Å². The molecule has 1 aromatic carbocycles. The Bertz CT molecular complexity index is 1500. The van der Waals surface area contributed by atoms with E-state index in [1.54, 1.807) is 29.6 Å². The smallest absolute Gasteiger partial charge is 0.408 e. The van der Waals surface area contributed by atoms with Gasteiger partial charge in [-0.3, -0.25) is 9.59 Å². The van der Waals surface area contributed by atoms with E-state index in [2.05, 4.69) is 15.4 Å². The Morgan fingerprint density at radius 1 is 1.14 bits per heavy atom. The van der Waals surface area contributed by atoms with Crippen molar-refractivity contribution in [3.05, 3.63) is 65.6 Å². The first-order chi connectivity index (χ1) is 20.3. The van der Waals surface area contributed by atoms with Crippen molar-refractivity contribution >= 4 is 23.6 Å². The lowest BCUT2D eigenvalue weighted by atomic mass is 9.80. The highest BCUT2D eigenvalue weighted by Gasteiger charge is 2.59. The van der Waals surface area contributed by atoms with E-state index < -0.39 is 66.3 Å². The summed E-state index contributed by atoms with van der Waals surface area (Å²) in [5.41, 5.74) is -1.10. The Balaban J connectivity index is 1.38. The number of benzene rings is 1. The first kappa shape index (κ1) is 30.2. The Morgan fingerprint density at radius 3 is 2.47 bits per heavy atom. The highest BCUT2D eigenvalue weighted by Crippen LogP contribution is 2.42. The van der Waals surface area contributed by atoms with Gasteiger partial charge in [-0.2, -0.15) is 18.3 Å². The number of alkyl carbamates (subject to hydrolysis) is 1. The number of fused-ring (bicyclic) bond motifs is 1. The lowest BCUT2D eigenvalue weighted by Gasteiger charge is -2.33. The van der Waals surface area contributed by atoms with Gasteiger partial charge in [-0.1, -0.05) is 30.3 Å². The van der Waals surface area contributed by atoms with Crippen LogP contribution in [0, 0.1) is 11.3 Å². The lowest BCUT2D eigenvalue weighted by molar-refractivity contribution is -0.158. The number of carboxylic acid groups (broad SMARTS) is 1. The molecule has 0 bridgehead atoms. The van der Waals surface area contributed by atoms with Gasteiger partial charge in [0.15, 0.2) is 11.1 Å². The van der Waals surface area contributed by atoms with E-state index in [1.165, 1.54) is 22.8 Å². The Kier molecular flexibility index (Phi) is 8.01. The van der Waals surface area contributed by atoms with Crippen molar-refractivity contribution in [3.63, 3.8) is 0 Å². The molecule has 3 heterocycles. The average Bonchev–Trinajstić information content (AvgIpc) is 3.52. The van der Waals surface area contributed by atoms with Crippen LogP contribution in [0.25, 0.3) is 5.65 Å². The Morgan fingerprint density at radius 2 is 1.84 bits per heavy atom. The van der Waals surface area contributed by atoms with Gasteiger partial charge in [0.05, 0.1) is 23.6 Å². The summed E-state index contributed by atoms with van der Waals surface area (Å²) in [6.07, 6.45) is -6.35. The molecule has 1 aliphatic carbocycles. The third-order valence-electron chi connectivity index (χ3n) is 8.01. The number of halogens is 5. The number of nitrogens with one attached hydrogen (secondary N) is 2. The van der Waals surface area contributed by atoms with Crippen LogP contribution >= 0.6 is 0 Å². The molecule has 0 spiro atoms. The van der Waals surface area contributed by atoms with Crippen LogP contribution in [-0.4, -0.2) is 55.8 Å². The minimum atomic E-state index is -4.82. The molecular weight excluding hydrogens is 581 g/mol. The maximum Gasteiger partial charge on any atom is 0.408 e. The van der Waals surface area contributed by atoms with Gasteiger partial charge in [-0.05, 0) is 36.5 Å². The molecule has 230 valence electrons. The van der Waals surface area contributed by atoms with E-state index in [4.69, 9.17) is 4.74 Å². The predicted molar refractivity (Wildman–Crippen MR) is 139 cm³/mol. The van der Waals surface area contributed by atoms with Crippen LogP contribution in [0.3, 0.4) is 0 Å². The van der Waals surface area contributed by atoms with Crippen LogP contribution < -0.4 is 10.6 Å². The van der Waals surface area contributed by atoms with E-state index in [1.807, 2.05) is 6.07 Å². The quantitative estimate of drug-likeness (QED) is 0.251. The van der Waals surface area contributed by atoms with Crippen LogP contribution in [0.1, 0.15) is 55.1 Å². The topological polar surface area (TPSA) is 135 Å². The van der Waals surface area contributed by atoms with E-state index >= 15 is 0 Å². The second-order valence-corrected chi connectivity index (χ2v) is 11.0. The van der Waals surface area contributed by atoms with Crippen molar-refractivity contribution in [2.24, 2.45) is 11.3 Å². The molecule has 0 radical (unpaired) electrons. The third-order valence-corrected chi connectivity index (χ3v) is 8.01. The Hall–Kier alpha value is -4.30. The SMILES string of the molecule is O=C(NC(c1cn2nc(CC3(C(=O)O)C[C@@H](C(F)(F)F)NC3=O)ccc2n1)C1CCC(F)(F)CC1)OCc1ccccc1. The first-order valence-corrected chi connectivity index (χ1v) is 13.6. The van der Waals surface area contributed by atoms with Crippen molar-refractivity contribution in [1.29, 1.82) is 0 Å². The molecule has 2 amide bonds. The number of nitrogens with zero attached hydrogens (tertiary/aromatic N) is 3. The van der Waals surface area contributed by atoms with Gasteiger partial charge in [-0.25, -0.2) is 23.1 Å². The molecule has 1 saturated heterocycles. The number of carbonyl (C=O) groups is 3. The maximum absolute atomic E-state index is 13.9. The van der Waals surface area contributed by atoms with Crippen LogP contribution in [-0.2, 0) is 27.4 Å². The summed E-state index contributed by atoms with van der Waals surface area (Å²) >= 11 is 0. The van der Waals surface area contributed by atoms with Gasteiger partial charge in [0.1, 0.15) is 12.6 Å². The molecule has 2 aromatic heterocycles. The van der Waals surface area contributed by atoms with Crippen molar-refractivity contribution in [3.8, 4) is 0 Å². The molecule has 10 nitrogen and oxygen atoms in total. The second kappa shape index (κ2) is 11.4. The number of carbonyl (C=O) groups excluding carboxylic acids is 2. The molecule has 3 N–H and O–H groups in total. The van der Waals surface area contributed by atoms with E-state index in [0.717, 1.165) is 5.56 Å². The third kappa shape index (κ3) is 6.54. The van der Waals surface area contributed by atoms with Crippen molar-refractivity contribution in [2.45, 2.75) is 69.3 Å². The zero-order valence-corrected chi connectivity index (χ0v) is 22.6. The van der Waals surface area contributed by atoms with Gasteiger partial charge in [0.25, 0.3) is 0 Å². The molecule has 5 rings (SSSR count). The lowest BCUT2D eigenvalue weighted by Crippen LogP contribution is -2.41. The van der Waals surface area contributed by atoms with Crippen LogP contribution in [0.5, 0.6) is 0 Å². The number of carboxylic acids is 1. The molecule has 15 heteroatoms. The molecule has 2 unspecified atom stereocenters. The summed E-state index contributed by atoms with van der Waals surface area (Å²) in [5, 5.41) is 18.5. The van der Waals surface area contributed by atoms with Crippen molar-refractivity contribution < 1.29 is 46.2 Å². The number of hydrogen-bond acceptors (Lipinski definition) is 6. The standard InChI is InChI=1S/C28H28F5N5O5/c29-27(30)10-8-17(9-11-27)22(36-25(42)43-15-16-4-2-1-3-5-16)19-14-38-21(34-19)7-6-18(37-38)12-26(24(40)41)13-20(28(31,32)33)35-23(26)39/h1-7,14,17,20,22H,8-13,15H2,(H,35,39)(H,36,42)(H,40,41)/t20-,22?,26?/m0/s1. The number of aromatic nitrogens is 3. The van der Waals surface area contributed by atoms with Gasteiger partial charge in [0, 0.05) is 25.7 Å². The van der Waals surface area contributed by atoms with Gasteiger partial charge < -0.3 is 20.5 Å². The summed E-state index contributed by atoms with van der Waals surface area (Å²) in [4.78, 5) is 41.8. The highest BCUT2D eigenvalue weighted by molar-refractivity contribution is 6.04. The molecule has 2 aliphatic rings. The summed E-state index contributed by atoms with van der Waals surface area (Å²) < 4.78 is 74.2. The first-order valence-electron chi connectivity index (χ1n) is 13.6. The summed E-state index contributed by atoms with van der Waals surface area (Å²) in [5.74, 6) is -6.20. The van der Waals surface area contributed by atoms with Crippen LogP contribution in [0.15, 0.2) is 48.7 Å². The molecule has 43 heavy (non-hydrogen) atoms. The van der Waals surface area contributed by atoms with Crippen molar-refractivity contribution in [2.75, 3.05) is 0 Å². The van der Waals surface area contributed by atoms with E-state index in [9.17, 15) is 41.4 Å². The fourth-order valence-corrected chi connectivity index (χ4v) is 5.61. The largest absolute Gasteiger partial charge is 0.480 e. The minimum Gasteiger partial charge on any atom is -0.480 e. The van der Waals surface area contributed by atoms with Gasteiger partial charge in [-0.15, -0.1) is 0 Å². The number of aliphatic carboxylic acids is 1. The molecule has 1 saturated carbocycles. The molecule has 3 atom stereocenters. The number of alkyl halides is 5. The zero-order valence-electron chi connectivity index (χ0n) is 22.6. The van der Waals surface area contributed by atoms with E-state index in [-0.39, 0.29) is 49.3 Å². The fraction of sp³-hybridized carbons (Fsp3) is 0.464. The predicted octanol–water partition coefficient (Wildman–Crippen LogP) is 4.59. The second-order valence-electron chi connectivity index (χ2n) is 11.0. The zero-order chi connectivity index (χ0) is 31.0. The summed E-state index contributed by atoms with van der Waals surface area (Å²) in [6.45, 7) is -0.0215. The highest BCUT2D eigenvalue weighted by atomic mass is 19.4. The number of ether oxygens (including phenoxy) is 1. The fourth-order valence-electron chi connectivity index (χ4n) is 5.61. The molecule has 3 aromatic rings. The average molecular weight is 610 g/mol. The minimum absolute atomic E-state index is 0.0147. The summed E-state index contributed by atoms with van der Waals surface area (Å²) in [6, 6.07) is 8.57. The van der Waals surface area contributed by atoms with Gasteiger partial charge in [0.2, 0.25) is 11.8 Å². The van der Waals surface area contributed by atoms with Crippen LogP contribution in [0.4, 0.5) is 26.7 Å². The number of amides is 2. The number of rotatable bonds is 8. The number of hydrogen-bond donors (Lipinski definition) is 3. The molecule has 2 fully saturated rings. The monoisotopic (exact) mass is 609 g/mol. The normalized spacial score (nSPS) is 23.1. The van der Waals surface area contributed by atoms with Crippen LogP contribution in [0.2, 0.25) is 0 Å². The molecule has 1 aliphatic heterocycles. The Labute approximate surface area is 241 Å². The number of imidazole rings is 1. The van der Waals surface area contributed by atoms with Crippen molar-refractivity contribution in [1.82, 2.24) is 25.2 Å². The van der Waals surface area contributed by atoms with Gasteiger partial charge >= 0.3 is 18.2 Å². The maximum atomic E-state index is 13.9.